The van der Waals surface area contributed by atoms with Crippen LogP contribution >= 0.6 is 0 Å². The molecule has 8 heteroatoms. The van der Waals surface area contributed by atoms with Crippen LogP contribution in [0.2, 0.25) is 0 Å². The van der Waals surface area contributed by atoms with Gasteiger partial charge in [-0.25, -0.2) is 0 Å². The van der Waals surface area contributed by atoms with Crippen molar-refractivity contribution in [2.75, 3.05) is 0 Å². The van der Waals surface area contributed by atoms with Gasteiger partial charge in [0.05, 0.1) is 16.8 Å². The lowest BCUT2D eigenvalue weighted by Crippen LogP contribution is -2.46. The van der Waals surface area contributed by atoms with E-state index < -0.39 is 34.5 Å². The standard InChI is InChI=1S/C15H13N3O5/c19-13(9-4-3-5-10(8-9)18(22)23)16-17-14(20)11-6-1-2-7-12(11)15(17)21/h1-5,8,11-12H,6-7H2,(H,16,19)/t11-,12-/m1/s1. The zero-order valence-corrected chi connectivity index (χ0v) is 12.0. The first kappa shape index (κ1) is 14.9. The van der Waals surface area contributed by atoms with Gasteiger partial charge in [0.25, 0.3) is 23.4 Å². The van der Waals surface area contributed by atoms with E-state index in [-0.39, 0.29) is 11.3 Å². The van der Waals surface area contributed by atoms with Crippen LogP contribution < -0.4 is 5.43 Å². The lowest BCUT2D eigenvalue weighted by Gasteiger charge is -2.15. The van der Waals surface area contributed by atoms with Crippen LogP contribution in [0.1, 0.15) is 23.2 Å². The molecule has 2 aliphatic rings. The fourth-order valence-electron chi connectivity index (χ4n) is 2.84. The van der Waals surface area contributed by atoms with Gasteiger partial charge in [0.1, 0.15) is 0 Å². The van der Waals surface area contributed by atoms with E-state index in [2.05, 4.69) is 5.43 Å². The number of allylic oxidation sites excluding steroid dienone is 2. The minimum Gasteiger partial charge on any atom is -0.272 e. The molecule has 118 valence electrons. The first-order chi connectivity index (χ1) is 11.0. The van der Waals surface area contributed by atoms with E-state index in [0.717, 1.165) is 11.1 Å². The predicted molar refractivity (Wildman–Crippen MR) is 77.8 cm³/mol. The van der Waals surface area contributed by atoms with Crippen molar-refractivity contribution in [1.29, 1.82) is 0 Å². The monoisotopic (exact) mass is 315 g/mol. The molecule has 3 rings (SSSR count). The van der Waals surface area contributed by atoms with Crippen molar-refractivity contribution in [3.8, 4) is 0 Å². The minimum absolute atomic E-state index is 0.00722. The molecular weight excluding hydrogens is 302 g/mol. The maximum Gasteiger partial charge on any atom is 0.270 e. The Morgan fingerprint density at radius 3 is 2.35 bits per heavy atom. The number of hydrogen-bond donors (Lipinski definition) is 1. The summed E-state index contributed by atoms with van der Waals surface area (Å²) >= 11 is 0. The van der Waals surface area contributed by atoms with Gasteiger partial charge in [-0.05, 0) is 18.9 Å². The molecule has 23 heavy (non-hydrogen) atoms. The fourth-order valence-corrected chi connectivity index (χ4v) is 2.84. The second-order valence-corrected chi connectivity index (χ2v) is 5.42. The third-order valence-electron chi connectivity index (χ3n) is 4.04. The Bertz CT molecular complexity index is 716. The summed E-state index contributed by atoms with van der Waals surface area (Å²) in [6.07, 6.45) is 4.63. The highest BCUT2D eigenvalue weighted by atomic mass is 16.6. The summed E-state index contributed by atoms with van der Waals surface area (Å²) in [7, 11) is 0. The number of nitrogens with zero attached hydrogens (tertiary/aromatic N) is 2. The summed E-state index contributed by atoms with van der Waals surface area (Å²) in [5.74, 6) is -2.51. The molecular formula is C15H13N3O5. The highest BCUT2D eigenvalue weighted by Crippen LogP contribution is 2.34. The van der Waals surface area contributed by atoms with Crippen molar-refractivity contribution in [3.05, 3.63) is 52.1 Å². The zero-order chi connectivity index (χ0) is 16.6. The third kappa shape index (κ3) is 2.59. The van der Waals surface area contributed by atoms with Gasteiger partial charge in [-0.15, -0.1) is 0 Å². The number of carbonyl (C=O) groups excluding carboxylic acids is 3. The Morgan fingerprint density at radius 2 is 1.78 bits per heavy atom. The van der Waals surface area contributed by atoms with Gasteiger partial charge in [0, 0.05) is 17.7 Å². The molecule has 1 fully saturated rings. The molecule has 1 aliphatic heterocycles. The molecule has 0 spiro atoms. The molecule has 3 amide bonds. The van der Waals surface area contributed by atoms with E-state index in [1.165, 1.54) is 18.2 Å². The highest BCUT2D eigenvalue weighted by molar-refractivity contribution is 6.08. The normalized spacial score (nSPS) is 22.9. The minimum atomic E-state index is -0.734. The second kappa shape index (κ2) is 5.64. The Morgan fingerprint density at radius 1 is 1.17 bits per heavy atom. The van der Waals surface area contributed by atoms with E-state index in [1.54, 1.807) is 0 Å². The molecule has 0 unspecified atom stereocenters. The Kier molecular flexibility index (Phi) is 3.65. The van der Waals surface area contributed by atoms with Crippen LogP contribution in [0.3, 0.4) is 0 Å². The van der Waals surface area contributed by atoms with Crippen LogP contribution in [0, 0.1) is 22.0 Å². The molecule has 1 saturated heterocycles. The summed E-state index contributed by atoms with van der Waals surface area (Å²) in [6, 6.07) is 5.09. The van der Waals surface area contributed by atoms with Crippen LogP contribution in [0.25, 0.3) is 0 Å². The van der Waals surface area contributed by atoms with Crippen molar-refractivity contribution in [2.24, 2.45) is 11.8 Å². The number of carbonyl (C=O) groups is 3. The Labute approximate surface area is 130 Å². The number of benzene rings is 1. The number of nitro groups is 1. The number of imide groups is 1. The molecule has 1 aromatic rings. The van der Waals surface area contributed by atoms with E-state index in [0.29, 0.717) is 12.8 Å². The number of nitro benzene ring substituents is 1. The average Bonchev–Trinajstić information content (AvgIpc) is 2.80. The van der Waals surface area contributed by atoms with Gasteiger partial charge < -0.3 is 0 Å². The molecule has 0 radical (unpaired) electrons. The fraction of sp³-hybridized carbons (Fsp3) is 0.267. The van der Waals surface area contributed by atoms with Crippen molar-refractivity contribution in [2.45, 2.75) is 12.8 Å². The number of non-ortho nitro benzene ring substituents is 1. The van der Waals surface area contributed by atoms with Crippen molar-refractivity contribution >= 4 is 23.4 Å². The summed E-state index contributed by atoms with van der Waals surface area (Å²) in [4.78, 5) is 46.8. The molecule has 1 heterocycles. The number of amides is 3. The predicted octanol–water partition coefficient (Wildman–Crippen LogP) is 1.19. The van der Waals surface area contributed by atoms with Crippen LogP contribution in [0.15, 0.2) is 36.4 Å². The van der Waals surface area contributed by atoms with E-state index >= 15 is 0 Å². The molecule has 8 nitrogen and oxygen atoms in total. The third-order valence-corrected chi connectivity index (χ3v) is 4.04. The van der Waals surface area contributed by atoms with Crippen molar-refractivity contribution < 1.29 is 19.3 Å². The molecule has 1 N–H and O–H groups in total. The van der Waals surface area contributed by atoms with Crippen molar-refractivity contribution in [1.82, 2.24) is 10.4 Å². The van der Waals surface area contributed by atoms with Gasteiger partial charge in [-0.3, -0.25) is 29.9 Å². The van der Waals surface area contributed by atoms with Gasteiger partial charge in [0.2, 0.25) is 0 Å². The van der Waals surface area contributed by atoms with Crippen LogP contribution in [-0.2, 0) is 9.59 Å². The van der Waals surface area contributed by atoms with Crippen LogP contribution in [0.5, 0.6) is 0 Å². The van der Waals surface area contributed by atoms with E-state index in [9.17, 15) is 24.5 Å². The first-order valence-electron chi connectivity index (χ1n) is 7.07. The molecule has 0 aromatic heterocycles. The molecule has 2 atom stereocenters. The Balaban J connectivity index is 1.78. The maximum atomic E-state index is 12.2. The first-order valence-corrected chi connectivity index (χ1v) is 7.07. The maximum absolute atomic E-state index is 12.2. The number of nitrogens with one attached hydrogen (secondary N) is 1. The lowest BCUT2D eigenvalue weighted by atomic mass is 9.85. The van der Waals surface area contributed by atoms with Gasteiger partial charge >= 0.3 is 0 Å². The molecule has 1 aromatic carbocycles. The summed E-state index contributed by atoms with van der Waals surface area (Å²) in [5.41, 5.74) is 2.03. The summed E-state index contributed by atoms with van der Waals surface area (Å²) < 4.78 is 0. The molecule has 0 saturated carbocycles. The summed E-state index contributed by atoms with van der Waals surface area (Å²) in [6.45, 7) is 0. The van der Waals surface area contributed by atoms with Gasteiger partial charge in [-0.1, -0.05) is 18.2 Å². The van der Waals surface area contributed by atoms with Crippen LogP contribution in [0.4, 0.5) is 5.69 Å². The number of rotatable bonds is 3. The number of fused-ring (bicyclic) bond motifs is 1. The molecule has 1 aliphatic carbocycles. The zero-order valence-electron chi connectivity index (χ0n) is 12.0. The average molecular weight is 315 g/mol. The van der Waals surface area contributed by atoms with Gasteiger partial charge in [0.15, 0.2) is 0 Å². The molecule has 0 bridgehead atoms. The SMILES string of the molecule is O=C(NN1C(=O)[C@@H]2CC=CC[C@H]2C1=O)c1cccc([N+](=O)[O-])c1. The second-order valence-electron chi connectivity index (χ2n) is 5.42. The van der Waals surface area contributed by atoms with Crippen LogP contribution in [-0.4, -0.2) is 27.7 Å². The largest absolute Gasteiger partial charge is 0.272 e. The topological polar surface area (TPSA) is 110 Å². The van der Waals surface area contributed by atoms with Crippen molar-refractivity contribution in [3.63, 3.8) is 0 Å². The smallest absolute Gasteiger partial charge is 0.270 e. The van der Waals surface area contributed by atoms with E-state index in [4.69, 9.17) is 0 Å². The lowest BCUT2D eigenvalue weighted by molar-refractivity contribution is -0.384. The van der Waals surface area contributed by atoms with Gasteiger partial charge in [-0.2, -0.15) is 5.01 Å². The van der Waals surface area contributed by atoms with E-state index in [1.807, 2.05) is 12.2 Å². The number of hydrogen-bond acceptors (Lipinski definition) is 5. The highest BCUT2D eigenvalue weighted by Gasteiger charge is 2.48. The quantitative estimate of drug-likeness (QED) is 0.390. The summed E-state index contributed by atoms with van der Waals surface area (Å²) in [5, 5.41) is 11.5. The Hall–Kier alpha value is -3.03. The number of hydrazine groups is 1.